The van der Waals surface area contributed by atoms with Crippen molar-refractivity contribution in [1.29, 1.82) is 0 Å². The maximum absolute atomic E-state index is 11.9. The van der Waals surface area contributed by atoms with Crippen molar-refractivity contribution >= 4 is 11.9 Å². The lowest BCUT2D eigenvalue weighted by atomic mass is 9.92. The number of aliphatic carboxylic acids is 1. The summed E-state index contributed by atoms with van der Waals surface area (Å²) in [6.45, 7) is 7.90. The molecule has 20 heavy (non-hydrogen) atoms. The molecule has 0 aromatic carbocycles. The Morgan fingerprint density at radius 1 is 1.30 bits per heavy atom. The highest BCUT2D eigenvalue weighted by atomic mass is 16.6. The van der Waals surface area contributed by atoms with Gasteiger partial charge in [0.15, 0.2) is 0 Å². The molecule has 0 amide bonds. The van der Waals surface area contributed by atoms with Crippen molar-refractivity contribution in [3.8, 4) is 0 Å². The summed E-state index contributed by atoms with van der Waals surface area (Å²) >= 11 is 0. The van der Waals surface area contributed by atoms with Crippen LogP contribution in [0.4, 0.5) is 0 Å². The van der Waals surface area contributed by atoms with Gasteiger partial charge in [0.2, 0.25) is 0 Å². The van der Waals surface area contributed by atoms with Gasteiger partial charge in [-0.1, -0.05) is 12.2 Å². The summed E-state index contributed by atoms with van der Waals surface area (Å²) in [6, 6.07) is 0. The molecule has 0 saturated carbocycles. The molecule has 1 aliphatic rings. The lowest BCUT2D eigenvalue weighted by molar-refractivity contribution is -0.144. The number of esters is 1. The first-order valence-electron chi connectivity index (χ1n) is 6.80. The molecule has 112 valence electrons. The molecule has 0 saturated heterocycles. The van der Waals surface area contributed by atoms with Gasteiger partial charge in [-0.2, -0.15) is 0 Å². The second kappa shape index (κ2) is 7.85. The minimum absolute atomic E-state index is 0.114. The summed E-state index contributed by atoms with van der Waals surface area (Å²) in [5, 5.41) is 9.08. The Kier molecular flexibility index (Phi) is 6.45. The predicted octanol–water partition coefficient (Wildman–Crippen LogP) is 2.47. The standard InChI is InChI=1S/C15H22O5/c1-10(2)8-19-11(3)9-20-15(18)13-7-5-4-6-12(13)14(16)17/h11H,1,4-9H2,2-3H3,(H,16,17). The van der Waals surface area contributed by atoms with Crippen LogP contribution < -0.4 is 0 Å². The number of ether oxygens (including phenoxy) is 2. The van der Waals surface area contributed by atoms with Crippen LogP contribution in [0, 0.1) is 0 Å². The normalized spacial score (nSPS) is 16.7. The summed E-state index contributed by atoms with van der Waals surface area (Å²) in [5.41, 5.74) is 1.39. The van der Waals surface area contributed by atoms with Crippen molar-refractivity contribution in [2.45, 2.75) is 45.6 Å². The van der Waals surface area contributed by atoms with Crippen molar-refractivity contribution in [3.05, 3.63) is 23.3 Å². The second-order valence-corrected chi connectivity index (χ2v) is 5.15. The minimum atomic E-state index is -1.02. The van der Waals surface area contributed by atoms with E-state index in [0.29, 0.717) is 25.0 Å². The monoisotopic (exact) mass is 282 g/mol. The highest BCUT2D eigenvalue weighted by Crippen LogP contribution is 2.25. The van der Waals surface area contributed by atoms with E-state index in [9.17, 15) is 9.59 Å². The SMILES string of the molecule is C=C(C)COC(C)COC(=O)C1=C(C(=O)O)CCCC1. The van der Waals surface area contributed by atoms with Gasteiger partial charge in [0.05, 0.1) is 12.7 Å². The largest absolute Gasteiger partial charge is 0.478 e. The van der Waals surface area contributed by atoms with Gasteiger partial charge in [-0.15, -0.1) is 0 Å². The van der Waals surface area contributed by atoms with E-state index in [-0.39, 0.29) is 18.3 Å². The highest BCUT2D eigenvalue weighted by molar-refractivity contribution is 5.99. The molecule has 0 bridgehead atoms. The Morgan fingerprint density at radius 2 is 1.90 bits per heavy atom. The molecule has 5 nitrogen and oxygen atoms in total. The van der Waals surface area contributed by atoms with Crippen molar-refractivity contribution < 1.29 is 24.2 Å². The predicted molar refractivity (Wildman–Crippen MR) is 74.3 cm³/mol. The molecule has 1 aliphatic carbocycles. The summed E-state index contributed by atoms with van der Waals surface area (Å²) in [6.07, 6.45) is 2.29. The molecule has 1 atom stereocenters. The maximum Gasteiger partial charge on any atom is 0.334 e. The number of carboxylic acids is 1. The fourth-order valence-electron chi connectivity index (χ4n) is 1.98. The van der Waals surface area contributed by atoms with E-state index >= 15 is 0 Å². The molecule has 0 fully saturated rings. The average Bonchev–Trinajstić information content (AvgIpc) is 2.42. The first kappa shape index (κ1) is 16.4. The number of hydrogen-bond acceptors (Lipinski definition) is 4. The van der Waals surface area contributed by atoms with E-state index < -0.39 is 11.9 Å². The molecule has 0 aliphatic heterocycles. The van der Waals surface area contributed by atoms with Gasteiger partial charge in [0, 0.05) is 11.1 Å². The van der Waals surface area contributed by atoms with Crippen molar-refractivity contribution in [2.75, 3.05) is 13.2 Å². The van der Waals surface area contributed by atoms with E-state index in [1.165, 1.54) is 0 Å². The zero-order valence-electron chi connectivity index (χ0n) is 12.1. The zero-order chi connectivity index (χ0) is 15.1. The van der Waals surface area contributed by atoms with E-state index in [2.05, 4.69) is 6.58 Å². The van der Waals surface area contributed by atoms with Gasteiger partial charge < -0.3 is 14.6 Å². The van der Waals surface area contributed by atoms with Crippen molar-refractivity contribution in [3.63, 3.8) is 0 Å². The number of rotatable bonds is 7. The van der Waals surface area contributed by atoms with Crippen molar-refractivity contribution in [1.82, 2.24) is 0 Å². The van der Waals surface area contributed by atoms with E-state index in [1.807, 2.05) is 6.92 Å². The van der Waals surface area contributed by atoms with Crippen LogP contribution in [0.3, 0.4) is 0 Å². The Morgan fingerprint density at radius 3 is 2.45 bits per heavy atom. The third-order valence-corrected chi connectivity index (χ3v) is 3.04. The highest BCUT2D eigenvalue weighted by Gasteiger charge is 2.24. The zero-order valence-corrected chi connectivity index (χ0v) is 12.1. The van der Waals surface area contributed by atoms with E-state index in [4.69, 9.17) is 14.6 Å². The molecule has 1 unspecified atom stereocenters. The summed E-state index contributed by atoms with van der Waals surface area (Å²) in [5.74, 6) is -1.56. The van der Waals surface area contributed by atoms with Gasteiger partial charge in [0.25, 0.3) is 0 Å². The van der Waals surface area contributed by atoms with Crippen LogP contribution in [0.1, 0.15) is 39.5 Å². The molecule has 0 heterocycles. The topological polar surface area (TPSA) is 72.8 Å². The summed E-state index contributed by atoms with van der Waals surface area (Å²) in [4.78, 5) is 23.0. The quantitative estimate of drug-likeness (QED) is 0.573. The van der Waals surface area contributed by atoms with Gasteiger partial charge in [-0.25, -0.2) is 9.59 Å². The van der Waals surface area contributed by atoms with Crippen LogP contribution in [0.15, 0.2) is 23.3 Å². The third-order valence-electron chi connectivity index (χ3n) is 3.04. The fraction of sp³-hybridized carbons (Fsp3) is 0.600. The van der Waals surface area contributed by atoms with Gasteiger partial charge in [-0.05, 0) is 39.5 Å². The summed E-state index contributed by atoms with van der Waals surface area (Å²) in [7, 11) is 0. The van der Waals surface area contributed by atoms with Crippen LogP contribution in [0.5, 0.6) is 0 Å². The lowest BCUT2D eigenvalue weighted by Gasteiger charge is -2.18. The molecule has 1 N–H and O–H groups in total. The molecule has 0 aromatic heterocycles. The smallest absolute Gasteiger partial charge is 0.334 e. The van der Waals surface area contributed by atoms with Crippen LogP contribution in [-0.4, -0.2) is 36.4 Å². The molecule has 5 heteroatoms. The Balaban J connectivity index is 2.53. The molecular formula is C15H22O5. The Hall–Kier alpha value is -1.62. The van der Waals surface area contributed by atoms with Crippen LogP contribution >= 0.6 is 0 Å². The first-order chi connectivity index (χ1) is 9.41. The van der Waals surface area contributed by atoms with Gasteiger partial charge in [-0.3, -0.25) is 0 Å². The molecule has 0 aromatic rings. The van der Waals surface area contributed by atoms with Crippen molar-refractivity contribution in [2.24, 2.45) is 0 Å². The molecule has 0 spiro atoms. The number of carbonyl (C=O) groups is 2. The number of carboxylic acid groups (broad SMARTS) is 1. The lowest BCUT2D eigenvalue weighted by Crippen LogP contribution is -2.23. The maximum atomic E-state index is 11.9. The minimum Gasteiger partial charge on any atom is -0.478 e. The van der Waals surface area contributed by atoms with Crippen LogP contribution in [0.2, 0.25) is 0 Å². The fourth-order valence-corrected chi connectivity index (χ4v) is 1.98. The molecule has 0 radical (unpaired) electrons. The molecule has 1 rings (SSSR count). The van der Waals surface area contributed by atoms with E-state index in [0.717, 1.165) is 18.4 Å². The Labute approximate surface area is 119 Å². The Bertz CT molecular complexity index is 422. The molecular weight excluding hydrogens is 260 g/mol. The average molecular weight is 282 g/mol. The van der Waals surface area contributed by atoms with Gasteiger partial charge in [0.1, 0.15) is 6.61 Å². The number of hydrogen-bond donors (Lipinski definition) is 1. The van der Waals surface area contributed by atoms with Crippen LogP contribution in [0.25, 0.3) is 0 Å². The second-order valence-electron chi connectivity index (χ2n) is 5.15. The number of carbonyl (C=O) groups excluding carboxylic acids is 1. The third kappa shape index (κ3) is 5.17. The summed E-state index contributed by atoms with van der Waals surface area (Å²) < 4.78 is 10.5. The first-order valence-corrected chi connectivity index (χ1v) is 6.80. The van der Waals surface area contributed by atoms with Crippen LogP contribution in [-0.2, 0) is 19.1 Å². The van der Waals surface area contributed by atoms with E-state index in [1.54, 1.807) is 6.92 Å². The van der Waals surface area contributed by atoms with Gasteiger partial charge >= 0.3 is 11.9 Å².